The first-order valence-corrected chi connectivity index (χ1v) is 33.6. The first-order valence-electron chi connectivity index (χ1n) is 33.6. The van der Waals surface area contributed by atoms with Gasteiger partial charge in [-0.1, -0.05) is 24.3 Å². The highest BCUT2D eigenvalue weighted by molar-refractivity contribution is 6.07. The number of hydrogen-bond acceptors (Lipinski definition) is 4. The molecule has 0 radical (unpaired) electrons. The Kier molecular flexibility index (Phi) is 18.4. The average Bonchev–Trinajstić information content (AvgIpc) is 1.64. The van der Waals surface area contributed by atoms with Crippen LogP contribution in [0.25, 0.3) is 182 Å². The highest BCUT2D eigenvalue weighted by atomic mass is 19.2. The van der Waals surface area contributed by atoms with Gasteiger partial charge in [0.05, 0.1) is 78.9 Å². The van der Waals surface area contributed by atoms with Gasteiger partial charge in [0.2, 0.25) is 34.9 Å². The van der Waals surface area contributed by atoms with Crippen LogP contribution in [-0.4, -0.2) is 39.9 Å². The lowest BCUT2D eigenvalue weighted by Crippen LogP contribution is -2.06. The van der Waals surface area contributed by atoms with Gasteiger partial charge >= 0.3 is 0 Å². The summed E-state index contributed by atoms with van der Waals surface area (Å²) in [4.78, 5) is 27.4. The van der Waals surface area contributed by atoms with Gasteiger partial charge in [0.15, 0.2) is 140 Å². The zero-order valence-electron chi connectivity index (χ0n) is 57.7. The zero-order valence-corrected chi connectivity index (χ0v) is 57.7. The molecule has 4 aliphatic heterocycles. The zero-order chi connectivity index (χ0) is 85.6. The summed E-state index contributed by atoms with van der Waals surface area (Å²) in [5.74, 6) is -80.6. The molecule has 0 atom stereocenters. The molecule has 0 saturated heterocycles. The van der Waals surface area contributed by atoms with Crippen molar-refractivity contribution in [2.75, 3.05) is 0 Å². The third-order valence-corrected chi connectivity index (χ3v) is 19.7. The quantitative estimate of drug-likeness (QED) is 0.0689. The molecule has 602 valence electrons. The van der Waals surface area contributed by atoms with Crippen molar-refractivity contribution in [2.24, 2.45) is 0 Å². The molecule has 0 saturated carbocycles. The molecule has 10 heterocycles. The van der Waals surface area contributed by atoms with E-state index in [1.807, 2.05) is 0 Å². The minimum Gasteiger partial charge on any atom is -0.354 e. The van der Waals surface area contributed by atoms with E-state index in [1.54, 1.807) is 0 Å². The van der Waals surface area contributed by atoms with Crippen LogP contribution in [0.2, 0.25) is 0 Å². The topological polar surface area (TPSA) is 115 Å². The van der Waals surface area contributed by atoms with Crippen molar-refractivity contribution >= 4 is 92.7 Å². The Morgan fingerprint density at radius 3 is 0.392 bits per heavy atom. The fourth-order valence-corrected chi connectivity index (χ4v) is 14.4. The van der Waals surface area contributed by atoms with Crippen LogP contribution in [0.1, 0.15) is 45.6 Å². The summed E-state index contributed by atoms with van der Waals surface area (Å²) in [5, 5.41) is 0. The van der Waals surface area contributed by atoms with E-state index < -0.39 is 353 Å². The Hall–Kier alpha value is -14.4. The number of aromatic nitrogens is 8. The molecule has 16 bridgehead atoms. The molecule has 7 aromatic carbocycles. The Morgan fingerprint density at radius 1 is 0.133 bits per heavy atom. The maximum absolute atomic E-state index is 16.8. The summed E-state index contributed by atoms with van der Waals surface area (Å²) < 4.78 is 478. The van der Waals surface area contributed by atoms with Crippen molar-refractivity contribution in [3.8, 4) is 89.0 Å². The molecule has 0 fully saturated rings. The average molecular weight is 1690 g/mol. The Labute approximate surface area is 644 Å². The monoisotopic (exact) mass is 1690 g/mol. The summed E-state index contributed by atoms with van der Waals surface area (Å²) in [6, 6.07) is 10.4. The van der Waals surface area contributed by atoms with Gasteiger partial charge in [-0.15, -0.1) is 0 Å². The fourth-order valence-electron chi connectivity index (χ4n) is 14.4. The second-order valence-electron chi connectivity index (χ2n) is 26.2. The SMILES string of the molecule is Fc1c(F)c(F)c(-c2c3nc(c(-c4c(F)c(F)c(F)c(F)c4F)c4ccc([nH]4)c(-c4c(F)c(F)c(F)c(F)c4F)c4nc(c(-c5ccccc5-c5c6nc(c(-c7c(F)c(F)c(F)c(F)c7F)c7ccc([nH]7)c(-c7c(F)c(F)c(F)c(F)c7F)c7nc(c(-c8c(F)c(F)c(F)c(F)c8F)c8ccc5[nH]8)C=C7)C=C6)c5ccc2[nH]5)C=C4)C=C3)c(F)c1F. The molecular weight excluding hydrogens is 1670 g/mol. The van der Waals surface area contributed by atoms with Crippen LogP contribution in [0.4, 0.5) is 132 Å². The molecule has 38 heteroatoms. The van der Waals surface area contributed by atoms with Crippen LogP contribution in [-0.2, 0) is 0 Å². The Morgan fingerprint density at radius 2 is 0.250 bits per heavy atom. The number of aromatic amines is 4. The van der Waals surface area contributed by atoms with Crippen LogP contribution in [0.15, 0.2) is 72.8 Å². The molecule has 13 aromatic rings. The van der Waals surface area contributed by atoms with Gasteiger partial charge in [0.25, 0.3) is 0 Å². The summed E-state index contributed by atoms with van der Waals surface area (Å²) >= 11 is 0. The summed E-state index contributed by atoms with van der Waals surface area (Å²) in [5.41, 5.74) is -35.8. The molecule has 4 N–H and O–H groups in total. The van der Waals surface area contributed by atoms with Gasteiger partial charge in [0, 0.05) is 88.6 Å². The summed E-state index contributed by atoms with van der Waals surface area (Å²) in [6.45, 7) is 0. The number of H-pyrrole nitrogens is 4. The molecule has 0 spiro atoms. The molecule has 6 aromatic heterocycles. The molecule has 0 amide bonds. The van der Waals surface area contributed by atoms with Crippen LogP contribution < -0.4 is 0 Å². The molecule has 0 unspecified atom stereocenters. The number of halogens is 30. The lowest BCUT2D eigenvalue weighted by molar-refractivity contribution is 0.381. The smallest absolute Gasteiger partial charge is 0.200 e. The van der Waals surface area contributed by atoms with Gasteiger partial charge < -0.3 is 19.9 Å². The van der Waals surface area contributed by atoms with E-state index in [-0.39, 0.29) is 0 Å². The largest absolute Gasteiger partial charge is 0.354 e. The van der Waals surface area contributed by atoms with Crippen LogP contribution in [0, 0.1) is 175 Å². The molecule has 0 aliphatic carbocycles. The number of nitrogens with one attached hydrogen (secondary N) is 4. The third-order valence-electron chi connectivity index (χ3n) is 19.7. The number of fused-ring (bicyclic) bond motifs is 16. The Bertz CT molecular complexity index is 6690. The first-order chi connectivity index (χ1) is 57.0. The van der Waals surface area contributed by atoms with Crippen LogP contribution >= 0.6 is 0 Å². The van der Waals surface area contributed by atoms with Gasteiger partial charge in [0.1, 0.15) is 0 Å². The molecular formula is C82H24F30N8. The van der Waals surface area contributed by atoms with E-state index in [0.29, 0.717) is 48.6 Å². The molecule has 8 nitrogen and oxygen atoms in total. The lowest BCUT2D eigenvalue weighted by Gasteiger charge is -2.14. The number of rotatable bonds is 8. The maximum Gasteiger partial charge on any atom is 0.200 e. The van der Waals surface area contributed by atoms with E-state index in [0.717, 1.165) is 72.8 Å². The van der Waals surface area contributed by atoms with Crippen molar-refractivity contribution in [3.63, 3.8) is 0 Å². The van der Waals surface area contributed by atoms with Crippen molar-refractivity contribution in [1.82, 2.24) is 39.9 Å². The van der Waals surface area contributed by atoms with Gasteiger partial charge in [-0.2, -0.15) is 0 Å². The van der Waals surface area contributed by atoms with Crippen LogP contribution in [0.5, 0.6) is 0 Å². The number of nitrogens with zero attached hydrogens (tertiary/aromatic N) is 4. The van der Waals surface area contributed by atoms with Gasteiger partial charge in [-0.25, -0.2) is 152 Å². The predicted molar refractivity (Wildman–Crippen MR) is 374 cm³/mol. The molecule has 4 aliphatic rings. The van der Waals surface area contributed by atoms with Crippen molar-refractivity contribution in [2.45, 2.75) is 0 Å². The third kappa shape index (κ3) is 11.5. The van der Waals surface area contributed by atoms with E-state index >= 15 is 123 Å². The summed E-state index contributed by atoms with van der Waals surface area (Å²) in [7, 11) is 0. The second-order valence-corrected chi connectivity index (χ2v) is 26.2. The minimum atomic E-state index is -2.78. The van der Waals surface area contributed by atoms with Crippen molar-refractivity contribution < 1.29 is 132 Å². The van der Waals surface area contributed by atoms with E-state index in [2.05, 4.69) is 39.9 Å². The lowest BCUT2D eigenvalue weighted by atomic mass is 9.92. The van der Waals surface area contributed by atoms with Crippen molar-refractivity contribution in [3.05, 3.63) is 293 Å². The second kappa shape index (κ2) is 28.2. The van der Waals surface area contributed by atoms with E-state index in [9.17, 15) is 8.78 Å². The predicted octanol–water partition coefficient (Wildman–Crippen LogP) is 25.1. The van der Waals surface area contributed by atoms with E-state index in [4.69, 9.17) is 0 Å². The van der Waals surface area contributed by atoms with Crippen LogP contribution in [0.3, 0.4) is 0 Å². The summed E-state index contributed by atoms with van der Waals surface area (Å²) in [6.07, 6.45) is 5.69. The highest BCUT2D eigenvalue weighted by Gasteiger charge is 2.39. The standard InChI is InChI=1S/C82H24F30N8/c83-53-47(54(84)66(96)77(107)65(53)95)41-27-9-5-23(113-27)39(24-6-10-28(114-24)42(48-55(85)67(97)78(108)68(98)56(48)86)32-14-18-36(118-32)45(35-17-13-31(41)117-35)51-61(91)73(103)81(111)74(104)62(51)92)21-3-1-2-4-22(21)40-25-7-11-29(115-25)43(49-57(87)69(99)79(109)70(100)58(49)88)33-15-19-37(119-33)46(52-63(93)75(105)82(112)76(106)64(52)94)38-20-16-34(120-38)44(30-12-8-26(40)116-30)50-59(89)71(101)80(110)72(102)60(50)90/h1-20,113,115,118,120H. The fraction of sp³-hybridized carbons (Fsp3) is 0. The van der Waals surface area contributed by atoms with Gasteiger partial charge in [-0.05, 0) is 108 Å². The highest BCUT2D eigenvalue weighted by Crippen LogP contribution is 2.50. The normalized spacial score (nSPS) is 12.4. The first kappa shape index (κ1) is 78.2. The van der Waals surface area contributed by atoms with Crippen molar-refractivity contribution in [1.29, 1.82) is 0 Å². The molecule has 120 heavy (non-hydrogen) atoms. The molecule has 17 rings (SSSR count). The maximum atomic E-state index is 16.8. The van der Waals surface area contributed by atoms with E-state index in [1.165, 1.54) is 0 Å². The number of benzene rings is 7. The minimum absolute atomic E-state index is 0.476. The Balaban J connectivity index is 1.07. The van der Waals surface area contributed by atoms with Gasteiger partial charge in [-0.3, -0.25) is 0 Å². The number of hydrogen-bond donors (Lipinski definition) is 4.